The number of hydrogen-bond donors (Lipinski definition) is 2. The largest absolute Gasteiger partial charge is 0.473 e. The first-order valence-electron chi connectivity index (χ1n) is 2.89. The van der Waals surface area contributed by atoms with Gasteiger partial charge in [-0.2, -0.15) is 0 Å². The molecule has 0 aromatic carbocycles. The Kier molecular flexibility index (Phi) is 5.34. The second kappa shape index (κ2) is 4.68. The lowest BCUT2D eigenvalue weighted by Crippen LogP contribution is -2.27. The number of rotatable bonds is 0. The molecule has 66 valence electrons. The Morgan fingerprint density at radius 2 is 1.00 bits per heavy atom. The number of nitrogens with zero attached hydrogens (tertiary/aromatic N) is 1. The van der Waals surface area contributed by atoms with Crippen LogP contribution in [0.15, 0.2) is 0 Å². The van der Waals surface area contributed by atoms with E-state index in [4.69, 9.17) is 19.8 Å². The first-order valence-corrected chi connectivity index (χ1v) is 2.89. The van der Waals surface area contributed by atoms with Crippen molar-refractivity contribution in [2.45, 2.75) is 0 Å². The van der Waals surface area contributed by atoms with Gasteiger partial charge in [-0.05, 0) is 0 Å². The Bertz CT molecular complexity index is 129. The normalized spacial score (nSPS) is 9.45. The van der Waals surface area contributed by atoms with Gasteiger partial charge in [0.25, 0.3) is 0 Å². The molecule has 0 heterocycles. The summed E-state index contributed by atoms with van der Waals surface area (Å²) in [5.74, 6) is -3.65. The number of aliphatic carboxylic acids is 2. The van der Waals surface area contributed by atoms with Gasteiger partial charge in [0, 0.05) is 0 Å². The van der Waals surface area contributed by atoms with Crippen molar-refractivity contribution >= 4 is 11.9 Å². The van der Waals surface area contributed by atoms with E-state index in [0.717, 1.165) is 4.48 Å². The first kappa shape index (κ1) is 12.6. The van der Waals surface area contributed by atoms with Gasteiger partial charge < -0.3 is 14.7 Å². The van der Waals surface area contributed by atoms with Crippen molar-refractivity contribution in [3.05, 3.63) is 0 Å². The van der Waals surface area contributed by atoms with Gasteiger partial charge in [0.15, 0.2) is 0 Å². The molecule has 0 atom stereocenters. The van der Waals surface area contributed by atoms with Crippen molar-refractivity contribution in [1.29, 1.82) is 0 Å². The summed E-state index contributed by atoms with van der Waals surface area (Å²) in [5, 5.41) is 14.8. The van der Waals surface area contributed by atoms with E-state index < -0.39 is 11.9 Å². The lowest BCUT2D eigenvalue weighted by Gasteiger charge is -2.14. The molecule has 0 fully saturated rings. The van der Waals surface area contributed by atoms with Gasteiger partial charge in [-0.15, -0.1) is 0 Å². The molecular weight excluding hydrogens is 150 g/mol. The van der Waals surface area contributed by atoms with Crippen molar-refractivity contribution in [3.8, 4) is 0 Å². The summed E-state index contributed by atoms with van der Waals surface area (Å²) < 4.78 is 1.00. The molecule has 2 N–H and O–H groups in total. The third-order valence-corrected chi connectivity index (χ3v) is 0.183. The fourth-order valence-corrected chi connectivity index (χ4v) is 0. The van der Waals surface area contributed by atoms with Crippen LogP contribution in [0, 0.1) is 0 Å². The number of carboxylic acid groups (broad SMARTS) is 2. The van der Waals surface area contributed by atoms with E-state index in [2.05, 4.69) is 28.2 Å². The number of hydrogen-bond acceptors (Lipinski definition) is 2. The summed E-state index contributed by atoms with van der Waals surface area (Å²) in [7, 11) is 8.50. The maximum absolute atomic E-state index is 9.10. The minimum Gasteiger partial charge on any atom is -0.473 e. The van der Waals surface area contributed by atoms with Gasteiger partial charge in [-0.1, -0.05) is 0 Å². The highest BCUT2D eigenvalue weighted by atomic mass is 16.4. The van der Waals surface area contributed by atoms with Crippen molar-refractivity contribution in [1.82, 2.24) is 0 Å². The van der Waals surface area contributed by atoms with Crippen LogP contribution in [-0.2, 0) is 9.59 Å². The zero-order valence-corrected chi connectivity index (χ0v) is 7.16. The Labute approximate surface area is 65.5 Å². The SMILES string of the molecule is C[N+](C)(C)C.O=C(O)C(=O)O. The average molecular weight is 164 g/mol. The number of quaternary nitrogens is 1. The van der Waals surface area contributed by atoms with Crippen LogP contribution in [0.3, 0.4) is 0 Å². The molecule has 0 aliphatic carbocycles. The van der Waals surface area contributed by atoms with Crippen LogP contribution in [0.1, 0.15) is 0 Å². The molecule has 0 bridgehead atoms. The lowest BCUT2D eigenvalue weighted by atomic mass is 10.7. The van der Waals surface area contributed by atoms with E-state index in [9.17, 15) is 0 Å². The van der Waals surface area contributed by atoms with Gasteiger partial charge in [0.05, 0.1) is 28.2 Å². The van der Waals surface area contributed by atoms with Gasteiger partial charge in [0.2, 0.25) is 0 Å². The highest BCUT2D eigenvalue weighted by Gasteiger charge is 2.04. The molecule has 5 nitrogen and oxygen atoms in total. The molecule has 0 saturated heterocycles. The maximum atomic E-state index is 9.10. The summed E-state index contributed by atoms with van der Waals surface area (Å²) >= 11 is 0. The zero-order valence-electron chi connectivity index (χ0n) is 7.16. The van der Waals surface area contributed by atoms with E-state index in [1.165, 1.54) is 0 Å². The molecule has 11 heavy (non-hydrogen) atoms. The molecule has 0 amide bonds. The molecule has 0 aromatic rings. The highest BCUT2D eigenvalue weighted by Crippen LogP contribution is 1.73. The minimum atomic E-state index is -1.82. The molecule has 0 rings (SSSR count). The van der Waals surface area contributed by atoms with E-state index >= 15 is 0 Å². The molecule has 0 saturated carbocycles. The monoisotopic (exact) mass is 164 g/mol. The van der Waals surface area contributed by atoms with Gasteiger partial charge in [0.1, 0.15) is 0 Å². The van der Waals surface area contributed by atoms with Crippen LogP contribution < -0.4 is 0 Å². The fourth-order valence-electron chi connectivity index (χ4n) is 0. The molecule has 0 radical (unpaired) electrons. The maximum Gasteiger partial charge on any atom is 0.414 e. The Morgan fingerprint density at radius 3 is 1.00 bits per heavy atom. The van der Waals surface area contributed by atoms with Crippen molar-refractivity contribution < 1.29 is 24.3 Å². The van der Waals surface area contributed by atoms with Gasteiger partial charge in [-0.25, -0.2) is 9.59 Å². The zero-order chi connectivity index (χ0) is 9.65. The summed E-state index contributed by atoms with van der Waals surface area (Å²) in [5.41, 5.74) is 0. The second-order valence-corrected chi connectivity index (χ2v) is 3.29. The average Bonchev–Trinajstić information content (AvgIpc) is 1.59. The predicted octanol–water partition coefficient (Wildman–Crippen LogP) is -0.522. The second-order valence-electron chi connectivity index (χ2n) is 3.29. The molecule has 0 spiro atoms. The van der Waals surface area contributed by atoms with Gasteiger partial charge in [-0.3, -0.25) is 0 Å². The summed E-state index contributed by atoms with van der Waals surface area (Å²) in [6.45, 7) is 0. The predicted molar refractivity (Wildman–Crippen MR) is 39.2 cm³/mol. The Hall–Kier alpha value is -1.10. The number of carboxylic acids is 2. The van der Waals surface area contributed by atoms with Gasteiger partial charge >= 0.3 is 11.9 Å². The Balaban J connectivity index is 0. The van der Waals surface area contributed by atoms with E-state index in [-0.39, 0.29) is 0 Å². The van der Waals surface area contributed by atoms with Crippen molar-refractivity contribution in [2.24, 2.45) is 0 Å². The molecule has 0 unspecified atom stereocenters. The quantitative estimate of drug-likeness (QED) is 0.373. The van der Waals surface area contributed by atoms with E-state index in [1.807, 2.05) is 0 Å². The van der Waals surface area contributed by atoms with Crippen molar-refractivity contribution in [2.75, 3.05) is 28.2 Å². The third-order valence-electron chi connectivity index (χ3n) is 0.183. The molecule has 0 aliphatic heterocycles. The van der Waals surface area contributed by atoms with Crippen LogP contribution in [-0.4, -0.2) is 54.8 Å². The smallest absolute Gasteiger partial charge is 0.414 e. The fraction of sp³-hybridized carbons (Fsp3) is 0.667. The standard InChI is InChI=1S/C4H12N.C2H2O4/c1-5(2,3)4;3-1(4)2(5)6/h1-4H3;(H,3,4)(H,5,6)/q+1;. The first-order chi connectivity index (χ1) is 4.64. The summed E-state index contributed by atoms with van der Waals surface area (Å²) in [6.07, 6.45) is 0. The lowest BCUT2D eigenvalue weighted by molar-refractivity contribution is -0.849. The third kappa shape index (κ3) is 50.4. The van der Waals surface area contributed by atoms with Crippen LogP contribution in [0.4, 0.5) is 0 Å². The summed E-state index contributed by atoms with van der Waals surface area (Å²) in [4.78, 5) is 18.2. The van der Waals surface area contributed by atoms with Crippen LogP contribution in [0.25, 0.3) is 0 Å². The van der Waals surface area contributed by atoms with Crippen LogP contribution in [0.2, 0.25) is 0 Å². The number of carbonyl (C=O) groups is 2. The van der Waals surface area contributed by atoms with Crippen LogP contribution in [0.5, 0.6) is 0 Å². The summed E-state index contributed by atoms with van der Waals surface area (Å²) in [6, 6.07) is 0. The molecule has 5 heteroatoms. The molecule has 0 aliphatic rings. The molecular formula is C6H14NO4+. The topological polar surface area (TPSA) is 74.6 Å². The van der Waals surface area contributed by atoms with Crippen LogP contribution >= 0.6 is 0 Å². The minimum absolute atomic E-state index is 1.00. The van der Waals surface area contributed by atoms with E-state index in [1.54, 1.807) is 0 Å². The van der Waals surface area contributed by atoms with E-state index in [0.29, 0.717) is 0 Å². The highest BCUT2D eigenvalue weighted by molar-refractivity contribution is 6.27. The molecule has 0 aromatic heterocycles. The van der Waals surface area contributed by atoms with Crippen molar-refractivity contribution in [3.63, 3.8) is 0 Å². The Morgan fingerprint density at radius 1 is 0.909 bits per heavy atom.